The van der Waals surface area contributed by atoms with Crippen LogP contribution >= 0.6 is 22.7 Å². The van der Waals surface area contributed by atoms with Crippen molar-refractivity contribution in [3.63, 3.8) is 0 Å². The molecule has 0 radical (unpaired) electrons. The third-order valence-electron chi connectivity index (χ3n) is 7.96. The number of hydrogen-bond donors (Lipinski definition) is 0. The van der Waals surface area contributed by atoms with E-state index in [0.29, 0.717) is 0 Å². The van der Waals surface area contributed by atoms with Crippen molar-refractivity contribution >= 4 is 84.8 Å². The van der Waals surface area contributed by atoms with Gasteiger partial charge in [0.15, 0.2) is 0 Å². The Morgan fingerprint density at radius 3 is 2.05 bits per heavy atom. The zero-order valence-corrected chi connectivity index (χ0v) is 22.5. The van der Waals surface area contributed by atoms with Crippen LogP contribution in [-0.2, 0) is 0 Å². The van der Waals surface area contributed by atoms with Gasteiger partial charge in [-0.3, -0.25) is 0 Å². The van der Waals surface area contributed by atoms with Crippen molar-refractivity contribution in [3.05, 3.63) is 127 Å². The van der Waals surface area contributed by atoms with Crippen LogP contribution in [0.15, 0.2) is 127 Å². The molecule has 1 nitrogen and oxygen atoms in total. The Hall–Kier alpha value is -4.44. The van der Waals surface area contributed by atoms with E-state index >= 15 is 0 Å². The summed E-state index contributed by atoms with van der Waals surface area (Å²) in [6, 6.07) is 46.8. The maximum absolute atomic E-state index is 2.44. The van der Waals surface area contributed by atoms with Crippen molar-refractivity contribution in [3.8, 4) is 16.8 Å². The number of nitrogens with zero attached hydrogens (tertiary/aromatic N) is 1. The van der Waals surface area contributed by atoms with Gasteiger partial charge >= 0.3 is 0 Å². The fourth-order valence-electron chi connectivity index (χ4n) is 6.14. The van der Waals surface area contributed by atoms with Crippen molar-refractivity contribution in [2.75, 3.05) is 0 Å². The third-order valence-corrected chi connectivity index (χ3v) is 10.3. The van der Waals surface area contributed by atoms with Crippen LogP contribution < -0.4 is 0 Å². The molecule has 0 spiro atoms. The molecule has 0 aliphatic heterocycles. The van der Waals surface area contributed by atoms with E-state index in [9.17, 15) is 0 Å². The molecule has 3 heteroatoms. The Labute approximate surface area is 232 Å². The second-order valence-corrected chi connectivity index (χ2v) is 12.3. The standard InChI is InChI=1S/C36H21NS2/c1-2-10-26(11-3-1)37-31-13-7-6-12-28(31)36-35(37)30-19-24(15-17-32(30)39-36)25-14-16-27-29-18-22-8-4-5-9-23(22)20-34(29)38-33(27)21-25/h1-21H. The third kappa shape index (κ3) is 3.12. The smallest absolute Gasteiger partial charge is 0.0727 e. The first-order valence-electron chi connectivity index (χ1n) is 13.2. The second kappa shape index (κ2) is 8.03. The molecular formula is C36H21NS2. The molecule has 39 heavy (non-hydrogen) atoms. The Kier molecular flexibility index (Phi) is 4.43. The summed E-state index contributed by atoms with van der Waals surface area (Å²) in [6.45, 7) is 0. The number of rotatable bonds is 2. The fraction of sp³-hybridized carbons (Fsp3) is 0. The molecule has 0 saturated heterocycles. The van der Waals surface area contributed by atoms with Crippen LogP contribution in [0.25, 0.3) is 79.0 Å². The minimum Gasteiger partial charge on any atom is -0.308 e. The summed E-state index contributed by atoms with van der Waals surface area (Å²) in [5, 5.41) is 7.93. The molecule has 9 aromatic rings. The zero-order valence-electron chi connectivity index (χ0n) is 20.9. The number of hydrogen-bond acceptors (Lipinski definition) is 2. The molecule has 0 bridgehead atoms. The summed E-state index contributed by atoms with van der Waals surface area (Å²) in [4.78, 5) is 0. The lowest BCUT2D eigenvalue weighted by molar-refractivity contribution is 1.19. The Balaban J connectivity index is 1.28. The first-order chi connectivity index (χ1) is 19.3. The van der Waals surface area contributed by atoms with E-state index in [1.807, 2.05) is 22.7 Å². The maximum atomic E-state index is 2.44. The van der Waals surface area contributed by atoms with Crippen molar-refractivity contribution in [2.45, 2.75) is 0 Å². The number of fused-ring (bicyclic) bond motifs is 9. The Morgan fingerprint density at radius 1 is 0.436 bits per heavy atom. The highest BCUT2D eigenvalue weighted by atomic mass is 32.1. The lowest BCUT2D eigenvalue weighted by Crippen LogP contribution is -1.92. The molecule has 3 aromatic heterocycles. The van der Waals surface area contributed by atoms with Gasteiger partial charge in [0.05, 0.1) is 15.7 Å². The highest BCUT2D eigenvalue weighted by Crippen LogP contribution is 2.44. The summed E-state index contributed by atoms with van der Waals surface area (Å²) in [5.41, 5.74) is 6.29. The van der Waals surface area contributed by atoms with Crippen LogP contribution in [0.5, 0.6) is 0 Å². The number of benzene rings is 6. The first-order valence-corrected chi connectivity index (χ1v) is 14.8. The summed E-state index contributed by atoms with van der Waals surface area (Å²) in [5.74, 6) is 0. The monoisotopic (exact) mass is 531 g/mol. The summed E-state index contributed by atoms with van der Waals surface area (Å²) >= 11 is 3.79. The van der Waals surface area contributed by atoms with Gasteiger partial charge in [0.2, 0.25) is 0 Å². The molecular weight excluding hydrogens is 511 g/mol. The fourth-order valence-corrected chi connectivity index (χ4v) is 8.51. The van der Waals surface area contributed by atoms with E-state index in [4.69, 9.17) is 0 Å². The predicted octanol–water partition coefficient (Wildman–Crippen LogP) is 11.2. The van der Waals surface area contributed by atoms with E-state index in [2.05, 4.69) is 132 Å². The Morgan fingerprint density at radius 2 is 1.15 bits per heavy atom. The van der Waals surface area contributed by atoms with Gasteiger partial charge in [0.1, 0.15) is 0 Å². The number of para-hydroxylation sites is 2. The molecule has 0 N–H and O–H groups in total. The number of aromatic nitrogens is 1. The van der Waals surface area contributed by atoms with Crippen LogP contribution in [0.4, 0.5) is 0 Å². The van der Waals surface area contributed by atoms with Crippen LogP contribution in [0.2, 0.25) is 0 Å². The lowest BCUT2D eigenvalue weighted by Gasteiger charge is -2.08. The molecule has 0 saturated carbocycles. The molecule has 3 heterocycles. The molecule has 0 aliphatic rings. The van der Waals surface area contributed by atoms with Crippen LogP contribution in [0, 0.1) is 0 Å². The van der Waals surface area contributed by atoms with Crippen molar-refractivity contribution in [1.29, 1.82) is 0 Å². The largest absolute Gasteiger partial charge is 0.308 e. The van der Waals surface area contributed by atoms with E-state index < -0.39 is 0 Å². The van der Waals surface area contributed by atoms with Crippen molar-refractivity contribution in [2.24, 2.45) is 0 Å². The summed E-state index contributed by atoms with van der Waals surface area (Å²) in [7, 11) is 0. The summed E-state index contributed by atoms with van der Waals surface area (Å²) in [6.07, 6.45) is 0. The molecule has 0 atom stereocenters. The topological polar surface area (TPSA) is 4.93 Å². The highest BCUT2D eigenvalue weighted by molar-refractivity contribution is 7.27. The minimum absolute atomic E-state index is 1.20. The molecule has 0 aliphatic carbocycles. The van der Waals surface area contributed by atoms with Gasteiger partial charge in [-0.2, -0.15) is 0 Å². The zero-order chi connectivity index (χ0) is 25.5. The van der Waals surface area contributed by atoms with E-state index in [1.54, 1.807) is 0 Å². The van der Waals surface area contributed by atoms with Crippen LogP contribution in [-0.4, -0.2) is 4.57 Å². The SMILES string of the molecule is c1ccc(-n2c3ccccc3c3sc4ccc(-c5ccc6c(c5)sc5cc7ccccc7cc56)cc4c32)cc1. The van der Waals surface area contributed by atoms with Gasteiger partial charge in [-0.05, 0) is 70.4 Å². The summed E-state index contributed by atoms with van der Waals surface area (Å²) < 4.78 is 7.81. The normalized spacial score (nSPS) is 12.1. The number of thiophene rings is 2. The molecule has 0 fully saturated rings. The van der Waals surface area contributed by atoms with Gasteiger partial charge in [0.25, 0.3) is 0 Å². The van der Waals surface area contributed by atoms with E-state index in [-0.39, 0.29) is 0 Å². The highest BCUT2D eigenvalue weighted by Gasteiger charge is 2.18. The Bertz CT molecular complexity index is 2390. The van der Waals surface area contributed by atoms with Crippen molar-refractivity contribution < 1.29 is 0 Å². The van der Waals surface area contributed by atoms with Gasteiger partial charge in [-0.25, -0.2) is 0 Å². The van der Waals surface area contributed by atoms with Gasteiger partial charge < -0.3 is 4.57 Å². The predicted molar refractivity (Wildman–Crippen MR) is 172 cm³/mol. The van der Waals surface area contributed by atoms with Crippen molar-refractivity contribution in [1.82, 2.24) is 4.57 Å². The quantitative estimate of drug-likeness (QED) is 0.209. The van der Waals surface area contributed by atoms with E-state index in [1.165, 1.54) is 79.0 Å². The van der Waals surface area contributed by atoms with E-state index in [0.717, 1.165) is 0 Å². The molecule has 0 unspecified atom stereocenters. The second-order valence-electron chi connectivity index (χ2n) is 10.2. The van der Waals surface area contributed by atoms with Crippen LogP contribution in [0.1, 0.15) is 0 Å². The maximum Gasteiger partial charge on any atom is 0.0727 e. The first kappa shape index (κ1) is 21.5. The van der Waals surface area contributed by atoms with Gasteiger partial charge in [0, 0.05) is 41.3 Å². The molecule has 6 aromatic carbocycles. The molecule has 182 valence electrons. The van der Waals surface area contributed by atoms with Gasteiger partial charge in [-0.15, -0.1) is 22.7 Å². The van der Waals surface area contributed by atoms with Crippen LogP contribution in [0.3, 0.4) is 0 Å². The lowest BCUT2D eigenvalue weighted by atomic mass is 10.0. The minimum atomic E-state index is 1.20. The average molecular weight is 532 g/mol. The average Bonchev–Trinajstić information content (AvgIpc) is 3.64. The molecule has 9 rings (SSSR count). The van der Waals surface area contributed by atoms with Gasteiger partial charge in [-0.1, -0.05) is 78.9 Å². The molecule has 0 amide bonds.